The Morgan fingerprint density at radius 2 is 2.17 bits per heavy atom. The molecule has 0 saturated carbocycles. The molecule has 2 aromatic rings. The fourth-order valence-corrected chi connectivity index (χ4v) is 3.77. The van der Waals surface area contributed by atoms with Crippen molar-refractivity contribution in [1.82, 2.24) is 19.7 Å². The predicted molar refractivity (Wildman–Crippen MR) is 99.9 cm³/mol. The summed E-state index contributed by atoms with van der Waals surface area (Å²) in [5, 5.41) is 22.6. The number of ether oxygens (including phenoxy) is 1. The smallest absolute Gasteiger partial charge is 0.310 e. The number of aryl methyl sites for hydroxylation is 1. The van der Waals surface area contributed by atoms with Crippen LogP contribution in [0.3, 0.4) is 0 Å². The van der Waals surface area contributed by atoms with Crippen LogP contribution in [0.25, 0.3) is 0 Å². The van der Waals surface area contributed by atoms with Gasteiger partial charge in [-0.05, 0) is 37.5 Å². The van der Waals surface area contributed by atoms with Gasteiger partial charge in [-0.3, -0.25) is 4.65 Å². The number of hydrogen-bond donors (Lipinski definition) is 0. The molecule has 9 heteroatoms. The topological polar surface area (TPSA) is 61.3 Å². The first-order chi connectivity index (χ1) is 11.4. The summed E-state index contributed by atoms with van der Waals surface area (Å²) < 4.78 is 5.15. The molecule has 1 saturated heterocycles. The second kappa shape index (κ2) is 6.99. The van der Waals surface area contributed by atoms with Crippen LogP contribution >= 0.6 is 35.2 Å². The van der Waals surface area contributed by atoms with Crippen molar-refractivity contribution in [3.63, 3.8) is 0 Å². The van der Waals surface area contributed by atoms with Gasteiger partial charge in [0.05, 0.1) is 12.4 Å². The van der Waals surface area contributed by atoms with Gasteiger partial charge < -0.3 is 9.94 Å². The number of rotatable bonds is 4. The number of hydrogen-bond acceptors (Lipinski definition) is 7. The van der Waals surface area contributed by atoms with Crippen LogP contribution in [-0.2, 0) is 10.6 Å². The Morgan fingerprint density at radius 3 is 2.79 bits per heavy atom. The average molecular weight is 385 g/mol. The van der Waals surface area contributed by atoms with Crippen molar-refractivity contribution in [2.75, 3.05) is 20.3 Å². The van der Waals surface area contributed by atoms with Crippen LogP contribution in [0.5, 0.6) is 0 Å². The van der Waals surface area contributed by atoms with Gasteiger partial charge in [-0.1, -0.05) is 34.9 Å². The van der Waals surface area contributed by atoms with Gasteiger partial charge in [0.15, 0.2) is 5.05 Å². The number of hydroxylamine groups is 2. The van der Waals surface area contributed by atoms with E-state index in [9.17, 15) is 5.21 Å². The lowest BCUT2D eigenvalue weighted by Crippen LogP contribution is -2.50. The Balaban J connectivity index is 1.82. The highest BCUT2D eigenvalue weighted by molar-refractivity contribution is 7.80. The molecule has 24 heavy (non-hydrogen) atoms. The largest absolute Gasteiger partial charge is 0.622 e. The van der Waals surface area contributed by atoms with Crippen molar-refractivity contribution < 1.29 is 4.74 Å². The first kappa shape index (κ1) is 17.7. The van der Waals surface area contributed by atoms with Crippen molar-refractivity contribution in [2.24, 2.45) is 0 Å². The molecule has 6 nitrogen and oxygen atoms in total. The molecule has 1 aromatic carbocycles. The zero-order chi connectivity index (χ0) is 17.3. The first-order valence-electron chi connectivity index (χ1n) is 7.36. The van der Waals surface area contributed by atoms with Crippen molar-refractivity contribution >= 4 is 45.3 Å². The minimum absolute atomic E-state index is 0.234. The van der Waals surface area contributed by atoms with Crippen molar-refractivity contribution in [3.8, 4) is 0 Å². The highest BCUT2D eigenvalue weighted by Crippen LogP contribution is 2.34. The lowest BCUT2D eigenvalue weighted by Gasteiger charge is -2.38. The van der Waals surface area contributed by atoms with Gasteiger partial charge in [-0.15, -0.1) is 16.7 Å². The number of alkyl halides is 1. The summed E-state index contributed by atoms with van der Waals surface area (Å²) >= 11 is 12.4. The van der Waals surface area contributed by atoms with Gasteiger partial charge in [0, 0.05) is 5.56 Å². The van der Waals surface area contributed by atoms with Crippen LogP contribution < -0.4 is 4.65 Å². The third-order valence-electron chi connectivity index (χ3n) is 3.81. The predicted octanol–water partition coefficient (Wildman–Crippen LogP) is 3.01. The third kappa shape index (κ3) is 3.44. The summed E-state index contributed by atoms with van der Waals surface area (Å²) in [4.78, 5) is 1.90. The SMILES string of the molecule is Cc1ccc(C(=S)OC2CN(C)C[N+]2([O-])c2nnc(CCl)s2)cc1. The molecular formula is C15H17ClN4O2S2. The standard InChI is InChI=1S/C15H17ClN4O2S2/c1-10-3-5-11(6-4-10)14(23)22-13-8-19(2)9-20(13,21)15-18-17-12(7-16)24-15/h3-6,13H,7-9H2,1-2H3. The molecule has 0 amide bonds. The Labute approximate surface area is 154 Å². The summed E-state index contributed by atoms with van der Waals surface area (Å²) in [5.74, 6) is 0.237. The maximum Gasteiger partial charge on any atom is 0.310 e. The number of thiocarbonyl (C=S) groups is 1. The second-order valence-electron chi connectivity index (χ2n) is 5.81. The molecule has 1 aliphatic rings. The monoisotopic (exact) mass is 384 g/mol. The van der Waals surface area contributed by atoms with E-state index in [0.29, 0.717) is 21.7 Å². The van der Waals surface area contributed by atoms with Crippen LogP contribution in [-0.4, -0.2) is 46.6 Å². The quantitative estimate of drug-likeness (QED) is 0.349. The van der Waals surface area contributed by atoms with E-state index in [4.69, 9.17) is 28.6 Å². The zero-order valence-corrected chi connectivity index (χ0v) is 15.7. The molecule has 2 atom stereocenters. The fourth-order valence-electron chi connectivity index (χ4n) is 2.54. The summed E-state index contributed by atoms with van der Waals surface area (Å²) in [6.45, 7) is 2.70. The molecule has 1 aromatic heterocycles. The van der Waals surface area contributed by atoms with Crippen LogP contribution in [0.4, 0.5) is 5.13 Å². The normalized spacial score (nSPS) is 24.2. The Hall–Kier alpha value is -1.16. The van der Waals surface area contributed by atoms with E-state index >= 15 is 0 Å². The van der Waals surface area contributed by atoms with Crippen LogP contribution in [0.2, 0.25) is 0 Å². The lowest BCUT2D eigenvalue weighted by atomic mass is 10.2. The molecule has 2 heterocycles. The molecule has 1 aliphatic heterocycles. The Kier molecular flexibility index (Phi) is 5.14. The van der Waals surface area contributed by atoms with E-state index in [-0.39, 0.29) is 12.5 Å². The molecule has 2 unspecified atom stereocenters. The molecular weight excluding hydrogens is 368 g/mol. The number of benzene rings is 1. The molecule has 1 fully saturated rings. The Bertz CT molecular complexity index is 739. The molecule has 0 aliphatic carbocycles. The van der Waals surface area contributed by atoms with Crippen LogP contribution in [0.15, 0.2) is 24.3 Å². The fraction of sp³-hybridized carbons (Fsp3) is 0.400. The summed E-state index contributed by atoms with van der Waals surface area (Å²) in [5.41, 5.74) is 1.92. The number of halogens is 1. The van der Waals surface area contributed by atoms with Gasteiger partial charge in [-0.2, -0.15) is 0 Å². The molecule has 0 N–H and O–H groups in total. The Morgan fingerprint density at radius 1 is 1.46 bits per heavy atom. The lowest BCUT2D eigenvalue weighted by molar-refractivity contribution is 0.102. The first-order valence-corrected chi connectivity index (χ1v) is 9.12. The van der Waals surface area contributed by atoms with E-state index in [2.05, 4.69) is 10.2 Å². The highest BCUT2D eigenvalue weighted by Gasteiger charge is 2.44. The zero-order valence-electron chi connectivity index (χ0n) is 13.3. The van der Waals surface area contributed by atoms with Crippen molar-refractivity contribution in [1.29, 1.82) is 0 Å². The van der Waals surface area contributed by atoms with Crippen LogP contribution in [0.1, 0.15) is 16.1 Å². The van der Waals surface area contributed by atoms with E-state index < -0.39 is 10.9 Å². The number of likely N-dealkylation sites (N-methyl/N-ethyl adjacent to an activating group) is 1. The van der Waals surface area contributed by atoms with E-state index in [1.54, 1.807) is 0 Å². The molecule has 0 spiro atoms. The van der Waals surface area contributed by atoms with Gasteiger partial charge in [0.2, 0.25) is 0 Å². The van der Waals surface area contributed by atoms with Crippen LogP contribution in [0, 0.1) is 12.1 Å². The van der Waals surface area contributed by atoms with Gasteiger partial charge in [0.1, 0.15) is 11.7 Å². The van der Waals surface area contributed by atoms with Crippen molar-refractivity contribution in [3.05, 3.63) is 45.6 Å². The average Bonchev–Trinajstić information content (AvgIpc) is 3.14. The molecule has 128 valence electrons. The van der Waals surface area contributed by atoms with Crippen molar-refractivity contribution in [2.45, 2.75) is 19.0 Å². The van der Waals surface area contributed by atoms with E-state index in [0.717, 1.165) is 11.1 Å². The minimum Gasteiger partial charge on any atom is -0.622 e. The summed E-state index contributed by atoms with van der Waals surface area (Å²) in [6.07, 6.45) is -0.681. The highest BCUT2D eigenvalue weighted by atomic mass is 35.5. The van der Waals surface area contributed by atoms with E-state index in [1.807, 2.05) is 43.1 Å². The second-order valence-corrected chi connectivity index (χ2v) is 7.49. The molecule has 0 bridgehead atoms. The minimum atomic E-state index is -0.725. The van der Waals surface area contributed by atoms with E-state index in [1.165, 1.54) is 11.3 Å². The molecule has 3 rings (SSSR count). The maximum absolute atomic E-state index is 13.4. The number of aromatic nitrogens is 2. The third-order valence-corrected chi connectivity index (χ3v) is 5.59. The summed E-state index contributed by atoms with van der Waals surface area (Å²) in [6, 6.07) is 7.71. The van der Waals surface area contributed by atoms with Gasteiger partial charge in [-0.25, -0.2) is 4.90 Å². The number of nitrogens with zero attached hydrogens (tertiary/aromatic N) is 4. The molecule has 0 radical (unpaired) electrons. The maximum atomic E-state index is 13.4. The van der Waals surface area contributed by atoms with Gasteiger partial charge >= 0.3 is 5.13 Å². The summed E-state index contributed by atoms with van der Waals surface area (Å²) in [7, 11) is 1.87. The van der Waals surface area contributed by atoms with Gasteiger partial charge in [0.25, 0.3) is 6.23 Å². The number of quaternary nitrogens is 1.